The minimum atomic E-state index is -4.01. The third-order valence-corrected chi connectivity index (χ3v) is 9.16. The average Bonchev–Trinajstić information content (AvgIpc) is 3.51. The van der Waals surface area contributed by atoms with Crippen LogP contribution in [0.3, 0.4) is 0 Å². The molecule has 2 N–H and O–H groups in total. The molecule has 0 radical (unpaired) electrons. The molecule has 0 unspecified atom stereocenters. The highest BCUT2D eigenvalue weighted by atomic mass is 32.2. The molecule has 2 aliphatic heterocycles. The first kappa shape index (κ1) is 35.1. The Morgan fingerprint density at radius 1 is 1.11 bits per heavy atom. The fourth-order valence-electron chi connectivity index (χ4n) is 5.49. The van der Waals surface area contributed by atoms with Crippen LogP contribution >= 0.6 is 0 Å². The molecular formula is C32H45N3O10S. The van der Waals surface area contributed by atoms with Crippen LogP contribution in [0.4, 0.5) is 9.59 Å². The number of amides is 2. The van der Waals surface area contributed by atoms with Crippen molar-refractivity contribution in [2.75, 3.05) is 33.0 Å². The highest BCUT2D eigenvalue weighted by molar-refractivity contribution is 7.89. The second-order valence-electron chi connectivity index (χ2n) is 13.2. The lowest BCUT2D eigenvalue weighted by molar-refractivity contribution is -0.0691. The molecule has 0 saturated carbocycles. The molecule has 0 aromatic heterocycles. The van der Waals surface area contributed by atoms with E-state index >= 15 is 0 Å². The van der Waals surface area contributed by atoms with Crippen molar-refractivity contribution in [3.05, 3.63) is 48.0 Å². The third kappa shape index (κ3) is 8.74. The fourth-order valence-corrected chi connectivity index (χ4v) is 7.12. The number of benzene rings is 2. The lowest BCUT2D eigenvalue weighted by Gasteiger charge is -2.31. The van der Waals surface area contributed by atoms with Gasteiger partial charge in [-0.15, -0.1) is 0 Å². The van der Waals surface area contributed by atoms with E-state index in [2.05, 4.69) is 5.32 Å². The van der Waals surface area contributed by atoms with Crippen LogP contribution in [-0.4, -0.2) is 91.4 Å². The lowest BCUT2D eigenvalue weighted by atomic mass is 10.00. The van der Waals surface area contributed by atoms with Crippen LogP contribution in [0, 0.1) is 5.92 Å². The largest absolute Gasteiger partial charge is 0.492 e. The summed E-state index contributed by atoms with van der Waals surface area (Å²) in [4.78, 5) is 25.6. The Balaban J connectivity index is 1.49. The van der Waals surface area contributed by atoms with Crippen LogP contribution in [0.5, 0.6) is 17.2 Å². The number of ether oxygens (including phenoxy) is 5. The monoisotopic (exact) mass is 663 g/mol. The first-order valence-electron chi connectivity index (χ1n) is 15.2. The highest BCUT2D eigenvalue weighted by Crippen LogP contribution is 2.37. The molecule has 2 atom stereocenters. The minimum Gasteiger partial charge on any atom is -0.492 e. The van der Waals surface area contributed by atoms with E-state index < -0.39 is 45.7 Å². The average molecular weight is 664 g/mol. The maximum Gasteiger partial charge on any atom is 0.409 e. The Hall–Kier alpha value is -3.75. The SMILES string of the molecule is CC(C)CN(C[C@H]1OC(C)(C)N(C(=O)O)[C@H]1Cc1ccc(OCCNC(=O)OC(C)(C)C)cc1)S(=O)(=O)c1ccc2c(c1)OCO2. The molecule has 14 heteroatoms. The highest BCUT2D eigenvalue weighted by Gasteiger charge is 2.51. The van der Waals surface area contributed by atoms with Gasteiger partial charge in [0, 0.05) is 19.2 Å². The Kier molecular flexibility index (Phi) is 10.6. The molecule has 1 saturated heterocycles. The summed E-state index contributed by atoms with van der Waals surface area (Å²) >= 11 is 0. The summed E-state index contributed by atoms with van der Waals surface area (Å²) in [6.45, 7) is 13.1. The minimum absolute atomic E-state index is 0.0147. The van der Waals surface area contributed by atoms with Gasteiger partial charge in [0.2, 0.25) is 16.8 Å². The molecule has 2 aliphatic rings. The van der Waals surface area contributed by atoms with Gasteiger partial charge in [-0.1, -0.05) is 26.0 Å². The zero-order valence-electron chi connectivity index (χ0n) is 27.4. The van der Waals surface area contributed by atoms with Gasteiger partial charge in [0.05, 0.1) is 23.6 Å². The van der Waals surface area contributed by atoms with E-state index in [9.17, 15) is 23.1 Å². The van der Waals surface area contributed by atoms with Crippen molar-refractivity contribution in [3.8, 4) is 17.2 Å². The second-order valence-corrected chi connectivity index (χ2v) is 15.1. The molecule has 2 heterocycles. The zero-order valence-corrected chi connectivity index (χ0v) is 28.3. The third-order valence-electron chi connectivity index (χ3n) is 7.33. The summed E-state index contributed by atoms with van der Waals surface area (Å²) in [5, 5.41) is 12.9. The number of nitrogens with zero attached hydrogens (tertiary/aromatic N) is 2. The molecule has 4 rings (SSSR count). The van der Waals surface area contributed by atoms with E-state index in [4.69, 9.17) is 23.7 Å². The summed E-state index contributed by atoms with van der Waals surface area (Å²) < 4.78 is 57.2. The second kappa shape index (κ2) is 13.9. The molecule has 46 heavy (non-hydrogen) atoms. The number of fused-ring (bicyclic) bond motifs is 1. The van der Waals surface area contributed by atoms with Crippen LogP contribution in [0.1, 0.15) is 54.0 Å². The number of sulfonamides is 1. The van der Waals surface area contributed by atoms with Crippen LogP contribution < -0.4 is 19.5 Å². The molecular weight excluding hydrogens is 618 g/mol. The van der Waals surface area contributed by atoms with Crippen molar-refractivity contribution in [1.29, 1.82) is 0 Å². The molecule has 1 fully saturated rings. The maximum atomic E-state index is 13.9. The van der Waals surface area contributed by atoms with E-state index in [1.54, 1.807) is 52.8 Å². The molecule has 0 aliphatic carbocycles. The summed E-state index contributed by atoms with van der Waals surface area (Å²) in [6.07, 6.45) is -2.17. The molecule has 2 aromatic carbocycles. The summed E-state index contributed by atoms with van der Waals surface area (Å²) in [6, 6.07) is 11.0. The summed E-state index contributed by atoms with van der Waals surface area (Å²) in [5.41, 5.74) is -0.975. The van der Waals surface area contributed by atoms with E-state index in [0.717, 1.165) is 5.56 Å². The number of alkyl carbamates (subject to hydrolysis) is 1. The van der Waals surface area contributed by atoms with Gasteiger partial charge in [-0.25, -0.2) is 18.0 Å². The van der Waals surface area contributed by atoms with Crippen molar-refractivity contribution in [1.82, 2.24) is 14.5 Å². The summed E-state index contributed by atoms with van der Waals surface area (Å²) in [5.74, 6) is 1.38. The van der Waals surface area contributed by atoms with Crippen LogP contribution in [0.2, 0.25) is 0 Å². The van der Waals surface area contributed by atoms with E-state index in [-0.39, 0.29) is 50.3 Å². The normalized spacial score (nSPS) is 19.0. The van der Waals surface area contributed by atoms with Crippen molar-refractivity contribution in [3.63, 3.8) is 0 Å². The predicted molar refractivity (Wildman–Crippen MR) is 169 cm³/mol. The molecule has 2 amide bonds. The van der Waals surface area contributed by atoms with Crippen molar-refractivity contribution in [2.24, 2.45) is 5.92 Å². The topological polar surface area (TPSA) is 153 Å². The van der Waals surface area contributed by atoms with E-state index in [1.165, 1.54) is 21.3 Å². The summed E-state index contributed by atoms with van der Waals surface area (Å²) in [7, 11) is -4.01. The Labute approximate surface area is 270 Å². The quantitative estimate of drug-likeness (QED) is 0.306. The Bertz CT molecular complexity index is 1490. The van der Waals surface area contributed by atoms with Gasteiger partial charge < -0.3 is 34.1 Å². The number of hydrogen-bond acceptors (Lipinski definition) is 9. The predicted octanol–water partition coefficient (Wildman–Crippen LogP) is 4.69. The number of carbonyl (C=O) groups is 2. The number of carboxylic acid groups (broad SMARTS) is 1. The molecule has 13 nitrogen and oxygen atoms in total. The number of nitrogens with one attached hydrogen (secondary N) is 1. The van der Waals surface area contributed by atoms with E-state index in [1.807, 2.05) is 26.0 Å². The van der Waals surface area contributed by atoms with Crippen molar-refractivity contribution in [2.45, 2.75) is 83.3 Å². The first-order chi connectivity index (χ1) is 21.5. The van der Waals surface area contributed by atoms with Gasteiger partial charge in [0.25, 0.3) is 0 Å². The molecule has 254 valence electrons. The van der Waals surface area contributed by atoms with Gasteiger partial charge >= 0.3 is 12.2 Å². The van der Waals surface area contributed by atoms with Crippen LogP contribution in [0.25, 0.3) is 0 Å². The number of rotatable bonds is 12. The molecule has 0 spiro atoms. The van der Waals surface area contributed by atoms with E-state index in [0.29, 0.717) is 17.2 Å². The van der Waals surface area contributed by atoms with Gasteiger partial charge in [-0.2, -0.15) is 4.31 Å². The van der Waals surface area contributed by atoms with Gasteiger partial charge in [-0.05, 0) is 76.8 Å². The standard InChI is InChI=1S/C32H45N3O10S/c1-21(2)18-34(46(39,40)24-12-13-26-27(17-24)43-20-42-26)19-28-25(35(30(37)38)32(6,7)44-28)16-22-8-10-23(11-9-22)41-15-14-33-29(36)45-31(3,4)5/h8-13,17,21,25,28H,14-16,18-20H2,1-7H3,(H,33,36)(H,37,38)/t25-,28+/m0/s1. The van der Waals surface area contributed by atoms with Crippen molar-refractivity contribution >= 4 is 22.2 Å². The fraction of sp³-hybridized carbons (Fsp3) is 0.562. The number of hydrogen-bond donors (Lipinski definition) is 2. The Morgan fingerprint density at radius 2 is 1.78 bits per heavy atom. The first-order valence-corrected chi connectivity index (χ1v) is 16.7. The molecule has 0 bridgehead atoms. The lowest BCUT2D eigenvalue weighted by Crippen LogP contribution is -2.50. The van der Waals surface area contributed by atoms with Gasteiger partial charge in [0.1, 0.15) is 23.7 Å². The van der Waals surface area contributed by atoms with Gasteiger partial charge in [-0.3, -0.25) is 4.90 Å². The maximum absolute atomic E-state index is 13.9. The van der Waals surface area contributed by atoms with Crippen molar-refractivity contribution < 1.29 is 46.8 Å². The Morgan fingerprint density at radius 3 is 2.41 bits per heavy atom. The van der Waals surface area contributed by atoms with Gasteiger partial charge in [0.15, 0.2) is 11.5 Å². The van der Waals surface area contributed by atoms with Crippen LogP contribution in [-0.2, 0) is 25.9 Å². The smallest absolute Gasteiger partial charge is 0.409 e. The zero-order chi connectivity index (χ0) is 33.9. The molecule has 2 aromatic rings. The van der Waals surface area contributed by atoms with Crippen LogP contribution in [0.15, 0.2) is 47.4 Å². The number of carbonyl (C=O) groups excluding carboxylic acids is 1.